The number of nitrogens with two attached hydrogens (primary N) is 1. The summed E-state index contributed by atoms with van der Waals surface area (Å²) in [5.74, 6) is -0.0542. The molecule has 0 amide bonds. The molecule has 3 N–H and O–H groups in total. The second-order valence-electron chi connectivity index (χ2n) is 8.58. The minimum absolute atomic E-state index is 0.282. The Hall–Kier alpha value is -3.22. The van der Waals surface area contributed by atoms with Crippen LogP contribution in [0.3, 0.4) is 0 Å². The summed E-state index contributed by atoms with van der Waals surface area (Å²) in [6.45, 7) is 2.10. The first-order valence-electron chi connectivity index (χ1n) is 11.3. The molecule has 1 heterocycles. The first kappa shape index (κ1) is 22.0. The molecule has 2 aliphatic carbocycles. The largest absolute Gasteiger partial charge is 0.464 e. The number of ketones is 1. The molecule has 0 radical (unpaired) electrons. The second kappa shape index (κ2) is 9.51. The lowest BCUT2D eigenvalue weighted by Crippen LogP contribution is -2.52. The normalized spacial score (nSPS) is 19.4. The molecule has 2 aliphatic rings. The number of hydrogen-bond acceptors (Lipinski definition) is 7. The van der Waals surface area contributed by atoms with E-state index in [0.29, 0.717) is 25.1 Å². The van der Waals surface area contributed by atoms with Crippen molar-refractivity contribution in [3.05, 3.63) is 48.3 Å². The van der Waals surface area contributed by atoms with Gasteiger partial charge in [0.1, 0.15) is 5.78 Å². The number of pyridine rings is 1. The zero-order valence-corrected chi connectivity index (χ0v) is 18.5. The molecule has 2 fully saturated rings. The van der Waals surface area contributed by atoms with E-state index in [1.165, 1.54) is 0 Å². The van der Waals surface area contributed by atoms with E-state index in [-0.39, 0.29) is 11.8 Å². The van der Waals surface area contributed by atoms with Gasteiger partial charge in [0.2, 0.25) is 0 Å². The number of anilines is 3. The van der Waals surface area contributed by atoms with Gasteiger partial charge in [-0.2, -0.15) is 0 Å². The quantitative estimate of drug-likeness (QED) is 0.631. The molecular formula is C25H30N4O3. The number of nitrogens with one attached hydrogen (secondary N) is 1. The maximum Gasteiger partial charge on any atom is 0.331 e. The van der Waals surface area contributed by atoms with Crippen LogP contribution in [0.15, 0.2) is 47.7 Å². The molecule has 0 aliphatic heterocycles. The number of benzene rings is 1. The van der Waals surface area contributed by atoms with Crippen LogP contribution in [0.1, 0.15) is 51.0 Å². The summed E-state index contributed by atoms with van der Waals surface area (Å²) in [5, 5.41) is 3.27. The first-order chi connectivity index (χ1) is 15.5. The van der Waals surface area contributed by atoms with Crippen molar-refractivity contribution in [3.8, 4) is 0 Å². The van der Waals surface area contributed by atoms with Gasteiger partial charge in [-0.15, -0.1) is 0 Å². The van der Waals surface area contributed by atoms with Crippen LogP contribution in [0, 0.1) is 5.41 Å². The zero-order chi connectivity index (χ0) is 22.6. The van der Waals surface area contributed by atoms with Crippen molar-refractivity contribution in [1.29, 1.82) is 0 Å². The van der Waals surface area contributed by atoms with Gasteiger partial charge in [-0.05, 0) is 43.5 Å². The molecule has 7 heteroatoms. The Morgan fingerprint density at radius 2 is 1.97 bits per heavy atom. The highest BCUT2D eigenvalue weighted by atomic mass is 16.5. The number of nitrogen functional groups attached to an aromatic ring is 1. The Kier molecular flexibility index (Phi) is 6.53. The molecule has 0 saturated heterocycles. The van der Waals surface area contributed by atoms with Gasteiger partial charge in [-0.1, -0.05) is 31.4 Å². The Balaban J connectivity index is 1.50. The van der Waals surface area contributed by atoms with Gasteiger partial charge in [-0.25, -0.2) is 4.79 Å². The number of esters is 1. The highest BCUT2D eigenvalue weighted by molar-refractivity contribution is 6.27. The minimum atomic E-state index is -0.633. The standard InChI is InChI=1S/C25H30N4O3/c1-2-32-24(31)21(29-22-15-23(30)25(22)11-4-3-5-12-25)14-17-6-8-18(9-7-17)28-20-10-13-27-16-19(20)26/h6-10,13,16,21H,2-5,11-12,14-15,26H2,1H3,(H,27,28)/t21-/m0/s1. The molecule has 2 aromatic rings. The summed E-state index contributed by atoms with van der Waals surface area (Å²) in [6, 6.07) is 9.01. The molecule has 4 rings (SSSR count). The Bertz CT molecular complexity index is 1010. The Morgan fingerprint density at radius 3 is 2.62 bits per heavy atom. The van der Waals surface area contributed by atoms with E-state index in [1.807, 2.05) is 30.3 Å². The molecule has 7 nitrogen and oxygen atoms in total. The maximum absolute atomic E-state index is 12.7. The number of nitrogens with zero attached hydrogens (tertiary/aromatic N) is 2. The fourth-order valence-electron chi connectivity index (χ4n) is 4.67. The molecule has 32 heavy (non-hydrogen) atoms. The third-order valence-electron chi connectivity index (χ3n) is 6.51. The van der Waals surface area contributed by atoms with Crippen LogP contribution in [-0.2, 0) is 20.7 Å². The van der Waals surface area contributed by atoms with E-state index < -0.39 is 11.5 Å². The van der Waals surface area contributed by atoms with Gasteiger partial charge in [0, 0.05) is 30.4 Å². The highest BCUT2D eigenvalue weighted by Crippen LogP contribution is 2.47. The van der Waals surface area contributed by atoms with Crippen LogP contribution < -0.4 is 11.1 Å². The van der Waals surface area contributed by atoms with Crippen molar-refractivity contribution in [2.24, 2.45) is 10.4 Å². The fraction of sp³-hybridized carbons (Fsp3) is 0.440. The Labute approximate surface area is 188 Å². The van der Waals surface area contributed by atoms with Gasteiger partial charge >= 0.3 is 5.97 Å². The molecule has 0 bridgehead atoms. The number of carbonyl (C=O) groups is 2. The predicted octanol–water partition coefficient (Wildman–Crippen LogP) is 4.25. The molecule has 168 valence electrons. The summed E-state index contributed by atoms with van der Waals surface area (Å²) in [4.78, 5) is 33.9. The SMILES string of the molecule is CCOC(=O)[C@H](Cc1ccc(Nc2ccncc2N)cc1)N=C1CC(=O)C12CCCCC2. The van der Waals surface area contributed by atoms with E-state index in [1.54, 1.807) is 19.3 Å². The number of aliphatic imine (C=N–C) groups is 1. The van der Waals surface area contributed by atoms with E-state index in [9.17, 15) is 9.59 Å². The molecular weight excluding hydrogens is 404 g/mol. The number of rotatable bonds is 7. The predicted molar refractivity (Wildman–Crippen MR) is 125 cm³/mol. The zero-order valence-electron chi connectivity index (χ0n) is 18.5. The van der Waals surface area contributed by atoms with Crippen LogP contribution in [0.25, 0.3) is 0 Å². The van der Waals surface area contributed by atoms with Crippen molar-refractivity contribution in [2.75, 3.05) is 17.7 Å². The van der Waals surface area contributed by atoms with Gasteiger partial charge in [0.15, 0.2) is 6.04 Å². The molecule has 1 aromatic heterocycles. The Morgan fingerprint density at radius 1 is 1.22 bits per heavy atom. The first-order valence-corrected chi connectivity index (χ1v) is 11.3. The molecule has 0 unspecified atom stereocenters. The van der Waals surface area contributed by atoms with Crippen molar-refractivity contribution in [2.45, 2.75) is 57.9 Å². The smallest absolute Gasteiger partial charge is 0.331 e. The molecule has 2 saturated carbocycles. The summed E-state index contributed by atoms with van der Waals surface area (Å²) >= 11 is 0. The molecule has 1 aromatic carbocycles. The van der Waals surface area contributed by atoms with Gasteiger partial charge < -0.3 is 15.8 Å². The maximum atomic E-state index is 12.7. The van der Waals surface area contributed by atoms with Crippen LogP contribution in [-0.4, -0.2) is 35.1 Å². The number of aromatic nitrogens is 1. The lowest BCUT2D eigenvalue weighted by atomic mass is 9.58. The van der Waals surface area contributed by atoms with Crippen molar-refractivity contribution >= 4 is 34.5 Å². The van der Waals surface area contributed by atoms with Crippen LogP contribution >= 0.6 is 0 Å². The second-order valence-corrected chi connectivity index (χ2v) is 8.58. The topological polar surface area (TPSA) is 107 Å². The van der Waals surface area contributed by atoms with E-state index >= 15 is 0 Å². The van der Waals surface area contributed by atoms with E-state index in [4.69, 9.17) is 15.5 Å². The lowest BCUT2D eigenvalue weighted by Gasteiger charge is -2.44. The van der Waals surface area contributed by atoms with Crippen LogP contribution in [0.5, 0.6) is 0 Å². The number of Topliss-reactive ketones (excluding diaryl/α,β-unsaturated/α-hetero) is 1. The van der Waals surface area contributed by atoms with Gasteiger partial charge in [0.25, 0.3) is 0 Å². The third kappa shape index (κ3) is 4.52. The van der Waals surface area contributed by atoms with Crippen molar-refractivity contribution < 1.29 is 14.3 Å². The number of carbonyl (C=O) groups excluding carboxylic acids is 2. The number of ether oxygens (including phenoxy) is 1. The lowest BCUT2D eigenvalue weighted by molar-refractivity contribution is -0.144. The van der Waals surface area contributed by atoms with Gasteiger partial charge in [0.05, 0.1) is 29.6 Å². The van der Waals surface area contributed by atoms with Crippen LogP contribution in [0.2, 0.25) is 0 Å². The monoisotopic (exact) mass is 434 g/mol. The summed E-state index contributed by atoms with van der Waals surface area (Å²) < 4.78 is 5.30. The van der Waals surface area contributed by atoms with Crippen molar-refractivity contribution in [3.63, 3.8) is 0 Å². The van der Waals surface area contributed by atoms with E-state index in [0.717, 1.165) is 54.8 Å². The summed E-state index contributed by atoms with van der Waals surface area (Å²) in [6.07, 6.45) is 9.06. The number of hydrogen-bond donors (Lipinski definition) is 2. The minimum Gasteiger partial charge on any atom is -0.464 e. The van der Waals surface area contributed by atoms with Gasteiger partial charge in [-0.3, -0.25) is 14.8 Å². The summed E-state index contributed by atoms with van der Waals surface area (Å²) in [5.41, 5.74) is 9.64. The van der Waals surface area contributed by atoms with Crippen LogP contribution in [0.4, 0.5) is 17.1 Å². The van der Waals surface area contributed by atoms with E-state index in [2.05, 4.69) is 10.3 Å². The average molecular weight is 435 g/mol. The molecule has 1 spiro atoms. The van der Waals surface area contributed by atoms with Crippen molar-refractivity contribution in [1.82, 2.24) is 4.98 Å². The molecule has 1 atom stereocenters. The highest BCUT2D eigenvalue weighted by Gasteiger charge is 2.52. The fourth-order valence-corrected chi connectivity index (χ4v) is 4.67. The third-order valence-corrected chi connectivity index (χ3v) is 6.51. The summed E-state index contributed by atoms with van der Waals surface area (Å²) in [7, 11) is 0. The average Bonchev–Trinajstić information content (AvgIpc) is 2.81.